The first kappa shape index (κ1) is 8.23. The monoisotopic (exact) mass is 156 g/mol. The lowest BCUT2D eigenvalue weighted by Crippen LogP contribution is -2.10. The first-order valence-corrected chi connectivity index (χ1v) is 3.59. The number of imidazole rings is 1. The van der Waals surface area contributed by atoms with Crippen molar-refractivity contribution >= 4 is 0 Å². The van der Waals surface area contributed by atoms with E-state index in [-0.39, 0.29) is 6.61 Å². The molecule has 0 amide bonds. The van der Waals surface area contributed by atoms with Crippen molar-refractivity contribution < 1.29 is 10.2 Å². The molecule has 0 bridgehead atoms. The van der Waals surface area contributed by atoms with Crippen molar-refractivity contribution in [2.75, 3.05) is 6.61 Å². The fourth-order valence-electron chi connectivity index (χ4n) is 0.967. The van der Waals surface area contributed by atoms with E-state index in [0.29, 0.717) is 5.82 Å². The van der Waals surface area contributed by atoms with Crippen molar-refractivity contribution in [2.45, 2.75) is 19.6 Å². The molecule has 11 heavy (non-hydrogen) atoms. The van der Waals surface area contributed by atoms with Gasteiger partial charge < -0.3 is 14.8 Å². The molecule has 0 aliphatic carbocycles. The molecule has 1 atom stereocenters. The summed E-state index contributed by atoms with van der Waals surface area (Å²) in [6, 6.07) is 0. The van der Waals surface area contributed by atoms with Crippen molar-refractivity contribution in [2.24, 2.45) is 0 Å². The number of aliphatic hydroxyl groups is 2. The maximum absolute atomic E-state index is 9.20. The predicted molar refractivity (Wildman–Crippen MR) is 39.9 cm³/mol. The summed E-state index contributed by atoms with van der Waals surface area (Å²) in [7, 11) is 0. The zero-order chi connectivity index (χ0) is 8.27. The number of aromatic nitrogens is 2. The number of nitrogens with zero attached hydrogens (tertiary/aromatic N) is 2. The van der Waals surface area contributed by atoms with E-state index in [2.05, 4.69) is 4.98 Å². The van der Waals surface area contributed by atoms with Crippen LogP contribution >= 0.6 is 0 Å². The van der Waals surface area contributed by atoms with Gasteiger partial charge in [0.05, 0.1) is 6.61 Å². The minimum Gasteiger partial charge on any atom is -0.393 e. The Morgan fingerprint density at radius 1 is 1.73 bits per heavy atom. The second kappa shape index (κ2) is 3.50. The van der Waals surface area contributed by atoms with Gasteiger partial charge in [0.2, 0.25) is 0 Å². The summed E-state index contributed by atoms with van der Waals surface area (Å²) in [6.45, 7) is 2.43. The fourth-order valence-corrected chi connectivity index (χ4v) is 0.967. The quantitative estimate of drug-likeness (QED) is 0.644. The van der Waals surface area contributed by atoms with E-state index in [1.807, 2.05) is 6.92 Å². The molecule has 0 fully saturated rings. The third kappa shape index (κ3) is 1.58. The highest BCUT2D eigenvalue weighted by Gasteiger charge is 2.10. The van der Waals surface area contributed by atoms with Gasteiger partial charge in [0, 0.05) is 18.9 Å². The van der Waals surface area contributed by atoms with Crippen molar-refractivity contribution in [1.29, 1.82) is 0 Å². The molecule has 1 heterocycles. The molecule has 62 valence electrons. The van der Waals surface area contributed by atoms with Crippen LogP contribution in [0.3, 0.4) is 0 Å². The first-order chi connectivity index (χ1) is 5.29. The van der Waals surface area contributed by atoms with Crippen LogP contribution in [-0.2, 0) is 6.54 Å². The van der Waals surface area contributed by atoms with Crippen molar-refractivity contribution in [1.82, 2.24) is 9.55 Å². The molecule has 0 aromatic carbocycles. The summed E-state index contributed by atoms with van der Waals surface area (Å²) in [4.78, 5) is 3.91. The molecule has 0 spiro atoms. The van der Waals surface area contributed by atoms with Gasteiger partial charge in [0.25, 0.3) is 0 Å². The maximum Gasteiger partial charge on any atom is 0.140 e. The number of hydrogen-bond donors (Lipinski definition) is 2. The Morgan fingerprint density at radius 3 is 3.00 bits per heavy atom. The zero-order valence-electron chi connectivity index (χ0n) is 6.44. The minimum absolute atomic E-state index is 0.281. The summed E-state index contributed by atoms with van der Waals surface area (Å²) in [6.07, 6.45) is 2.52. The third-order valence-electron chi connectivity index (χ3n) is 1.56. The van der Waals surface area contributed by atoms with Crippen LogP contribution in [0.1, 0.15) is 18.9 Å². The van der Waals surface area contributed by atoms with Crippen LogP contribution in [0.25, 0.3) is 0 Å². The van der Waals surface area contributed by atoms with Crippen LogP contribution in [0.2, 0.25) is 0 Å². The molecule has 1 rings (SSSR count). The van der Waals surface area contributed by atoms with Gasteiger partial charge in [-0.1, -0.05) is 0 Å². The second-order valence-corrected chi connectivity index (χ2v) is 2.27. The summed E-state index contributed by atoms with van der Waals surface area (Å²) < 4.78 is 1.79. The number of aliphatic hydroxyl groups excluding tert-OH is 2. The molecule has 1 aromatic rings. The lowest BCUT2D eigenvalue weighted by molar-refractivity contribution is 0.0858. The van der Waals surface area contributed by atoms with Gasteiger partial charge in [-0.15, -0.1) is 0 Å². The van der Waals surface area contributed by atoms with E-state index < -0.39 is 6.10 Å². The molecule has 4 heteroatoms. The van der Waals surface area contributed by atoms with Crippen LogP contribution < -0.4 is 0 Å². The Kier molecular flexibility index (Phi) is 2.62. The van der Waals surface area contributed by atoms with Crippen LogP contribution in [0, 0.1) is 0 Å². The summed E-state index contributed by atoms with van der Waals surface area (Å²) in [5.41, 5.74) is 0. The molecule has 4 nitrogen and oxygen atoms in total. The molecule has 0 saturated heterocycles. The van der Waals surface area contributed by atoms with Crippen LogP contribution in [0.15, 0.2) is 12.4 Å². The average molecular weight is 156 g/mol. The second-order valence-electron chi connectivity index (χ2n) is 2.27. The Labute approximate surface area is 65.1 Å². The van der Waals surface area contributed by atoms with E-state index >= 15 is 0 Å². The minimum atomic E-state index is -0.857. The number of aryl methyl sites for hydroxylation is 1. The van der Waals surface area contributed by atoms with Gasteiger partial charge in [-0.05, 0) is 6.92 Å². The lowest BCUT2D eigenvalue weighted by atomic mass is 10.3. The van der Waals surface area contributed by atoms with E-state index in [1.54, 1.807) is 17.0 Å². The van der Waals surface area contributed by atoms with Crippen molar-refractivity contribution in [3.05, 3.63) is 18.2 Å². The van der Waals surface area contributed by atoms with Gasteiger partial charge >= 0.3 is 0 Å². The highest BCUT2D eigenvalue weighted by atomic mass is 16.3. The molecular formula is C7H12N2O2. The summed E-state index contributed by atoms with van der Waals surface area (Å²) >= 11 is 0. The van der Waals surface area contributed by atoms with Crippen molar-refractivity contribution in [3.63, 3.8) is 0 Å². The molecule has 0 aliphatic heterocycles. The van der Waals surface area contributed by atoms with E-state index in [0.717, 1.165) is 6.54 Å². The molecule has 0 saturated carbocycles. The van der Waals surface area contributed by atoms with Gasteiger partial charge in [-0.2, -0.15) is 0 Å². The van der Waals surface area contributed by atoms with Gasteiger partial charge in [-0.25, -0.2) is 4.98 Å². The smallest absolute Gasteiger partial charge is 0.140 e. The highest BCUT2D eigenvalue weighted by molar-refractivity contribution is 4.95. The van der Waals surface area contributed by atoms with Crippen LogP contribution in [-0.4, -0.2) is 26.4 Å². The van der Waals surface area contributed by atoms with Crippen LogP contribution in [0.5, 0.6) is 0 Å². The average Bonchev–Trinajstić information content (AvgIpc) is 2.50. The normalized spacial score (nSPS) is 13.4. The highest BCUT2D eigenvalue weighted by Crippen LogP contribution is 2.08. The van der Waals surface area contributed by atoms with E-state index in [4.69, 9.17) is 5.11 Å². The molecule has 1 unspecified atom stereocenters. The zero-order valence-corrected chi connectivity index (χ0v) is 6.44. The first-order valence-electron chi connectivity index (χ1n) is 3.59. The van der Waals surface area contributed by atoms with Gasteiger partial charge in [0.15, 0.2) is 0 Å². The SMILES string of the molecule is CCn1ccnc1C(O)CO. The summed E-state index contributed by atoms with van der Waals surface area (Å²) in [5.74, 6) is 0.523. The Morgan fingerprint density at radius 2 is 2.45 bits per heavy atom. The molecule has 0 aliphatic rings. The largest absolute Gasteiger partial charge is 0.393 e. The van der Waals surface area contributed by atoms with Crippen LogP contribution in [0.4, 0.5) is 0 Å². The Hall–Kier alpha value is -0.870. The van der Waals surface area contributed by atoms with E-state index in [9.17, 15) is 5.11 Å². The summed E-state index contributed by atoms with van der Waals surface area (Å²) in [5, 5.41) is 17.8. The lowest BCUT2D eigenvalue weighted by Gasteiger charge is -2.08. The Balaban J connectivity index is 2.83. The fraction of sp³-hybridized carbons (Fsp3) is 0.571. The third-order valence-corrected chi connectivity index (χ3v) is 1.56. The topological polar surface area (TPSA) is 58.3 Å². The number of rotatable bonds is 3. The molecule has 1 aromatic heterocycles. The molecule has 2 N–H and O–H groups in total. The standard InChI is InChI=1S/C7H12N2O2/c1-2-9-4-3-8-7(9)6(11)5-10/h3-4,6,10-11H,2,5H2,1H3. The van der Waals surface area contributed by atoms with Gasteiger partial charge in [0.1, 0.15) is 11.9 Å². The number of hydrogen-bond acceptors (Lipinski definition) is 3. The predicted octanol–water partition coefficient (Wildman–Crippen LogP) is -0.0713. The maximum atomic E-state index is 9.20. The van der Waals surface area contributed by atoms with Crippen molar-refractivity contribution in [3.8, 4) is 0 Å². The molecule has 0 radical (unpaired) electrons. The van der Waals surface area contributed by atoms with Gasteiger partial charge in [-0.3, -0.25) is 0 Å². The molecular weight excluding hydrogens is 144 g/mol. The van der Waals surface area contributed by atoms with E-state index in [1.165, 1.54) is 0 Å². The Bertz CT molecular complexity index is 222.